The van der Waals surface area contributed by atoms with Gasteiger partial charge in [-0.05, 0) is 26.7 Å². The highest BCUT2D eigenvalue weighted by Crippen LogP contribution is 2.17. The molecule has 0 heterocycles. The number of hydrogen-bond acceptors (Lipinski definition) is 2. The molecule has 0 bridgehead atoms. The minimum Gasteiger partial charge on any atom is -0.460 e. The van der Waals surface area contributed by atoms with Crippen molar-refractivity contribution in [3.05, 3.63) is 0 Å². The van der Waals surface area contributed by atoms with Gasteiger partial charge in [0.1, 0.15) is 5.60 Å². The van der Waals surface area contributed by atoms with Crippen LogP contribution in [0.3, 0.4) is 0 Å². The third-order valence-corrected chi connectivity index (χ3v) is 2.74. The molecule has 1 unspecified atom stereocenters. The number of carbonyl (C=O) groups is 1. The van der Waals surface area contributed by atoms with E-state index in [1.54, 1.807) is 0 Å². The largest absolute Gasteiger partial charge is 0.460 e. The lowest BCUT2D eigenvalue weighted by Crippen LogP contribution is -2.24. The van der Waals surface area contributed by atoms with Crippen molar-refractivity contribution in [3.8, 4) is 0 Å². The molecule has 0 spiro atoms. The van der Waals surface area contributed by atoms with E-state index in [0.717, 1.165) is 6.42 Å². The Morgan fingerprint density at radius 3 is 2.24 bits per heavy atom. The van der Waals surface area contributed by atoms with Crippen LogP contribution in [-0.4, -0.2) is 11.6 Å². The fourth-order valence-corrected chi connectivity index (χ4v) is 1.87. The van der Waals surface area contributed by atoms with Gasteiger partial charge in [-0.25, -0.2) is 0 Å². The second kappa shape index (κ2) is 8.54. The van der Waals surface area contributed by atoms with E-state index in [0.29, 0.717) is 12.3 Å². The Kier molecular flexibility index (Phi) is 8.28. The zero-order chi connectivity index (χ0) is 13.3. The van der Waals surface area contributed by atoms with Crippen LogP contribution in [0.2, 0.25) is 0 Å². The van der Waals surface area contributed by atoms with Crippen LogP contribution in [0.5, 0.6) is 0 Å². The van der Waals surface area contributed by atoms with Crippen LogP contribution in [0.4, 0.5) is 0 Å². The van der Waals surface area contributed by atoms with Gasteiger partial charge in [-0.3, -0.25) is 4.79 Å². The molecule has 0 aromatic rings. The van der Waals surface area contributed by atoms with Crippen LogP contribution in [0.1, 0.15) is 79.6 Å². The molecule has 0 rings (SSSR count). The van der Waals surface area contributed by atoms with Crippen molar-refractivity contribution in [2.75, 3.05) is 0 Å². The van der Waals surface area contributed by atoms with E-state index >= 15 is 0 Å². The van der Waals surface area contributed by atoms with Crippen molar-refractivity contribution in [3.63, 3.8) is 0 Å². The number of esters is 1. The fraction of sp³-hybridized carbons (Fsp3) is 0.933. The van der Waals surface area contributed by atoms with Crippen molar-refractivity contribution in [2.45, 2.75) is 85.2 Å². The third-order valence-electron chi connectivity index (χ3n) is 2.74. The Morgan fingerprint density at radius 2 is 1.71 bits per heavy atom. The number of unbranched alkanes of at least 4 members (excludes halogenated alkanes) is 4. The Bertz CT molecular complexity index is 203. The molecule has 2 nitrogen and oxygen atoms in total. The molecule has 0 aliphatic heterocycles. The quantitative estimate of drug-likeness (QED) is 0.455. The maximum atomic E-state index is 11.6. The molecule has 0 aliphatic rings. The van der Waals surface area contributed by atoms with E-state index in [4.69, 9.17) is 4.74 Å². The second-order valence-corrected chi connectivity index (χ2v) is 6.10. The topological polar surface area (TPSA) is 26.3 Å². The van der Waals surface area contributed by atoms with Gasteiger partial charge in [0.2, 0.25) is 0 Å². The highest BCUT2D eigenvalue weighted by molar-refractivity contribution is 5.70. The predicted octanol–water partition coefficient (Wildman–Crippen LogP) is 4.71. The lowest BCUT2D eigenvalue weighted by molar-refractivity contribution is -0.155. The summed E-state index contributed by atoms with van der Waals surface area (Å²) in [6.07, 6.45) is 8.19. The van der Waals surface area contributed by atoms with Gasteiger partial charge in [-0.1, -0.05) is 52.4 Å². The van der Waals surface area contributed by atoms with E-state index in [2.05, 4.69) is 13.8 Å². The van der Waals surface area contributed by atoms with Gasteiger partial charge in [0.05, 0.1) is 0 Å². The first kappa shape index (κ1) is 16.5. The lowest BCUT2D eigenvalue weighted by Gasteiger charge is -2.20. The summed E-state index contributed by atoms with van der Waals surface area (Å²) in [6, 6.07) is 0. The SMILES string of the molecule is CCCCCCCC(C)CC(=O)OC(C)(C)C. The molecule has 0 aliphatic carbocycles. The predicted molar refractivity (Wildman–Crippen MR) is 73.0 cm³/mol. The Labute approximate surface area is 107 Å². The van der Waals surface area contributed by atoms with Crippen molar-refractivity contribution in [1.29, 1.82) is 0 Å². The van der Waals surface area contributed by atoms with Gasteiger partial charge in [0, 0.05) is 6.42 Å². The molecule has 0 amide bonds. The maximum absolute atomic E-state index is 11.6. The van der Waals surface area contributed by atoms with Crippen LogP contribution < -0.4 is 0 Å². The summed E-state index contributed by atoms with van der Waals surface area (Å²) >= 11 is 0. The number of carbonyl (C=O) groups excluding carboxylic acids is 1. The van der Waals surface area contributed by atoms with Gasteiger partial charge in [-0.15, -0.1) is 0 Å². The van der Waals surface area contributed by atoms with Crippen molar-refractivity contribution in [2.24, 2.45) is 5.92 Å². The molecule has 0 radical (unpaired) electrons. The zero-order valence-corrected chi connectivity index (χ0v) is 12.3. The van der Waals surface area contributed by atoms with Crippen molar-refractivity contribution in [1.82, 2.24) is 0 Å². The van der Waals surface area contributed by atoms with Gasteiger partial charge in [0.15, 0.2) is 0 Å². The van der Waals surface area contributed by atoms with Crippen LogP contribution in [0.15, 0.2) is 0 Å². The zero-order valence-electron chi connectivity index (χ0n) is 12.3. The highest BCUT2D eigenvalue weighted by Gasteiger charge is 2.18. The van der Waals surface area contributed by atoms with Gasteiger partial charge >= 0.3 is 5.97 Å². The van der Waals surface area contributed by atoms with Crippen LogP contribution >= 0.6 is 0 Å². The molecule has 0 N–H and O–H groups in total. The minimum absolute atomic E-state index is 0.0569. The first-order chi connectivity index (χ1) is 7.85. The number of ether oxygens (including phenoxy) is 1. The fourth-order valence-electron chi connectivity index (χ4n) is 1.87. The molecular formula is C15H30O2. The third kappa shape index (κ3) is 11.7. The number of hydrogen-bond donors (Lipinski definition) is 0. The Morgan fingerprint density at radius 1 is 1.12 bits per heavy atom. The standard InChI is InChI=1S/C15H30O2/c1-6-7-8-9-10-11-13(2)12-14(16)17-15(3,4)5/h13H,6-12H2,1-5H3. The van der Waals surface area contributed by atoms with E-state index < -0.39 is 0 Å². The molecule has 102 valence electrons. The molecule has 0 aromatic heterocycles. The van der Waals surface area contributed by atoms with E-state index in [9.17, 15) is 4.79 Å². The van der Waals surface area contributed by atoms with Crippen LogP contribution in [-0.2, 0) is 9.53 Å². The molecule has 0 saturated heterocycles. The summed E-state index contributed by atoms with van der Waals surface area (Å²) in [6.45, 7) is 10.1. The summed E-state index contributed by atoms with van der Waals surface area (Å²) in [5.74, 6) is 0.394. The van der Waals surface area contributed by atoms with Crippen molar-refractivity contribution < 1.29 is 9.53 Å². The van der Waals surface area contributed by atoms with Gasteiger partial charge in [0.25, 0.3) is 0 Å². The minimum atomic E-state index is -0.349. The maximum Gasteiger partial charge on any atom is 0.306 e. The molecule has 17 heavy (non-hydrogen) atoms. The van der Waals surface area contributed by atoms with E-state index in [1.807, 2.05) is 20.8 Å². The molecule has 0 fully saturated rings. The monoisotopic (exact) mass is 242 g/mol. The van der Waals surface area contributed by atoms with Crippen molar-refractivity contribution >= 4 is 5.97 Å². The smallest absolute Gasteiger partial charge is 0.306 e. The molecule has 2 heteroatoms. The summed E-state index contributed by atoms with van der Waals surface area (Å²) in [7, 11) is 0. The molecule has 0 aromatic carbocycles. The Hall–Kier alpha value is -0.530. The average Bonchev–Trinajstić information content (AvgIpc) is 2.14. The van der Waals surface area contributed by atoms with E-state index in [-0.39, 0.29) is 11.6 Å². The highest BCUT2D eigenvalue weighted by atomic mass is 16.6. The Balaban J connectivity index is 3.57. The van der Waals surface area contributed by atoms with E-state index in [1.165, 1.54) is 32.1 Å². The summed E-state index contributed by atoms with van der Waals surface area (Å²) < 4.78 is 5.31. The normalized spacial score (nSPS) is 13.5. The summed E-state index contributed by atoms with van der Waals surface area (Å²) in [4.78, 5) is 11.6. The molecule has 1 atom stereocenters. The van der Waals surface area contributed by atoms with Crippen LogP contribution in [0.25, 0.3) is 0 Å². The number of rotatable bonds is 8. The van der Waals surface area contributed by atoms with Crippen LogP contribution in [0, 0.1) is 5.92 Å². The van der Waals surface area contributed by atoms with Gasteiger partial charge in [-0.2, -0.15) is 0 Å². The lowest BCUT2D eigenvalue weighted by atomic mass is 9.99. The average molecular weight is 242 g/mol. The first-order valence-corrected chi connectivity index (χ1v) is 7.07. The first-order valence-electron chi connectivity index (χ1n) is 7.07. The molecule has 0 saturated carbocycles. The second-order valence-electron chi connectivity index (χ2n) is 6.10. The molecular weight excluding hydrogens is 212 g/mol. The summed E-state index contributed by atoms with van der Waals surface area (Å²) in [5.41, 5.74) is -0.349. The summed E-state index contributed by atoms with van der Waals surface area (Å²) in [5, 5.41) is 0. The van der Waals surface area contributed by atoms with Gasteiger partial charge < -0.3 is 4.74 Å².